The number of hydrogen-bond donors (Lipinski definition) is 0. The second kappa shape index (κ2) is 7.02. The molecule has 0 bridgehead atoms. The quantitative estimate of drug-likeness (QED) is 0.602. The topological polar surface area (TPSA) is 70.4 Å². The SMILES string of the molecule is COCCOC(=O)c1sc2ncn(CC(C)C)c(=O)c2c1C. The van der Waals surface area contributed by atoms with E-state index in [1.54, 1.807) is 24.9 Å². The van der Waals surface area contributed by atoms with Crippen molar-refractivity contribution in [1.82, 2.24) is 9.55 Å². The predicted molar refractivity (Wildman–Crippen MR) is 85.6 cm³/mol. The Labute approximate surface area is 132 Å². The van der Waals surface area contributed by atoms with Gasteiger partial charge in [0.1, 0.15) is 16.3 Å². The van der Waals surface area contributed by atoms with Gasteiger partial charge >= 0.3 is 5.97 Å². The maximum absolute atomic E-state index is 12.5. The molecule has 0 aliphatic heterocycles. The fraction of sp³-hybridized carbons (Fsp3) is 0.533. The molecule has 120 valence electrons. The van der Waals surface area contributed by atoms with Crippen molar-refractivity contribution in [3.8, 4) is 0 Å². The molecule has 2 aromatic rings. The molecule has 0 saturated heterocycles. The number of carbonyl (C=O) groups excluding carboxylic acids is 1. The molecule has 2 aromatic heterocycles. The number of aromatic nitrogens is 2. The van der Waals surface area contributed by atoms with Crippen molar-refractivity contribution < 1.29 is 14.3 Å². The van der Waals surface area contributed by atoms with Gasteiger partial charge in [-0.2, -0.15) is 0 Å². The number of nitrogens with zero attached hydrogens (tertiary/aromatic N) is 2. The third-order valence-electron chi connectivity index (χ3n) is 3.19. The number of methoxy groups -OCH3 is 1. The Bertz CT molecular complexity index is 733. The van der Waals surface area contributed by atoms with Gasteiger partial charge in [-0.1, -0.05) is 13.8 Å². The number of ether oxygens (including phenoxy) is 2. The largest absolute Gasteiger partial charge is 0.459 e. The van der Waals surface area contributed by atoms with Gasteiger partial charge in [-0.3, -0.25) is 9.36 Å². The van der Waals surface area contributed by atoms with Crippen molar-refractivity contribution >= 4 is 27.5 Å². The van der Waals surface area contributed by atoms with Crippen LogP contribution >= 0.6 is 11.3 Å². The number of hydrogen-bond acceptors (Lipinski definition) is 6. The number of thiophene rings is 1. The normalized spacial score (nSPS) is 11.3. The van der Waals surface area contributed by atoms with Crippen LogP contribution in [0.15, 0.2) is 11.1 Å². The van der Waals surface area contributed by atoms with Gasteiger partial charge in [0.2, 0.25) is 0 Å². The highest BCUT2D eigenvalue weighted by Crippen LogP contribution is 2.27. The first kappa shape index (κ1) is 16.6. The highest BCUT2D eigenvalue weighted by molar-refractivity contribution is 7.20. The van der Waals surface area contributed by atoms with Gasteiger partial charge in [0.15, 0.2) is 0 Å². The summed E-state index contributed by atoms with van der Waals surface area (Å²) >= 11 is 1.19. The van der Waals surface area contributed by atoms with Crippen molar-refractivity contribution in [2.45, 2.75) is 27.3 Å². The lowest BCUT2D eigenvalue weighted by Crippen LogP contribution is -2.22. The molecular formula is C15H20N2O4S. The molecule has 0 unspecified atom stereocenters. The van der Waals surface area contributed by atoms with Gasteiger partial charge in [0, 0.05) is 13.7 Å². The lowest BCUT2D eigenvalue weighted by molar-refractivity contribution is 0.0393. The summed E-state index contributed by atoms with van der Waals surface area (Å²) in [5.74, 6) is -0.0956. The average Bonchev–Trinajstić information content (AvgIpc) is 2.80. The number of fused-ring (bicyclic) bond motifs is 1. The van der Waals surface area contributed by atoms with E-state index in [2.05, 4.69) is 4.98 Å². The van der Waals surface area contributed by atoms with E-state index >= 15 is 0 Å². The summed E-state index contributed by atoms with van der Waals surface area (Å²) in [5.41, 5.74) is 0.529. The van der Waals surface area contributed by atoms with Crippen LogP contribution in [0.2, 0.25) is 0 Å². The zero-order chi connectivity index (χ0) is 16.3. The molecule has 22 heavy (non-hydrogen) atoms. The maximum atomic E-state index is 12.5. The molecule has 0 N–H and O–H groups in total. The zero-order valence-electron chi connectivity index (χ0n) is 13.2. The summed E-state index contributed by atoms with van der Waals surface area (Å²) in [7, 11) is 1.54. The first-order valence-electron chi connectivity index (χ1n) is 7.10. The van der Waals surface area contributed by atoms with Gasteiger partial charge in [0.05, 0.1) is 18.3 Å². The Kier molecular flexibility index (Phi) is 5.31. The highest BCUT2D eigenvalue weighted by atomic mass is 32.1. The summed E-state index contributed by atoms with van der Waals surface area (Å²) in [6.45, 7) is 6.97. The first-order chi connectivity index (χ1) is 10.5. The second-order valence-electron chi connectivity index (χ2n) is 5.46. The van der Waals surface area contributed by atoms with Crippen LogP contribution in [0, 0.1) is 12.8 Å². The molecule has 0 spiro atoms. The van der Waals surface area contributed by atoms with Gasteiger partial charge < -0.3 is 9.47 Å². The molecule has 6 nitrogen and oxygen atoms in total. The van der Waals surface area contributed by atoms with Crippen molar-refractivity contribution in [3.63, 3.8) is 0 Å². The van der Waals surface area contributed by atoms with E-state index in [0.29, 0.717) is 39.7 Å². The molecule has 0 aliphatic carbocycles. The van der Waals surface area contributed by atoms with E-state index in [9.17, 15) is 9.59 Å². The van der Waals surface area contributed by atoms with Crippen LogP contribution in [0.1, 0.15) is 29.1 Å². The van der Waals surface area contributed by atoms with Gasteiger partial charge in [-0.25, -0.2) is 9.78 Å². The van der Waals surface area contributed by atoms with E-state index in [0.717, 1.165) is 0 Å². The number of rotatable bonds is 6. The van der Waals surface area contributed by atoms with Crippen LogP contribution in [0.3, 0.4) is 0 Å². The molecular weight excluding hydrogens is 304 g/mol. The first-order valence-corrected chi connectivity index (χ1v) is 7.92. The van der Waals surface area contributed by atoms with E-state index in [1.165, 1.54) is 11.3 Å². The molecule has 0 amide bonds. The Morgan fingerprint density at radius 2 is 2.14 bits per heavy atom. The Hall–Kier alpha value is -1.73. The van der Waals surface area contributed by atoms with Crippen LogP contribution in [0.25, 0.3) is 10.2 Å². The van der Waals surface area contributed by atoms with E-state index in [4.69, 9.17) is 9.47 Å². The lowest BCUT2D eigenvalue weighted by Gasteiger charge is -2.07. The van der Waals surface area contributed by atoms with Gasteiger partial charge in [-0.05, 0) is 18.4 Å². The third kappa shape index (κ3) is 3.36. The molecule has 0 aromatic carbocycles. The minimum Gasteiger partial charge on any atom is -0.459 e. The summed E-state index contributed by atoms with van der Waals surface area (Å²) in [4.78, 5) is 29.9. The summed E-state index contributed by atoms with van der Waals surface area (Å²) in [5, 5.41) is 0.506. The van der Waals surface area contributed by atoms with Crippen LogP contribution < -0.4 is 5.56 Å². The van der Waals surface area contributed by atoms with Crippen LogP contribution in [0.4, 0.5) is 0 Å². The predicted octanol–water partition coefficient (Wildman–Crippen LogP) is 2.23. The Balaban J connectivity index is 2.39. The van der Waals surface area contributed by atoms with Crippen molar-refractivity contribution in [1.29, 1.82) is 0 Å². The molecule has 7 heteroatoms. The van der Waals surface area contributed by atoms with Gasteiger partial charge in [0.25, 0.3) is 5.56 Å². The van der Waals surface area contributed by atoms with E-state index in [-0.39, 0.29) is 12.2 Å². The van der Waals surface area contributed by atoms with Crippen molar-refractivity contribution in [3.05, 3.63) is 27.1 Å². The molecule has 0 fully saturated rings. The van der Waals surface area contributed by atoms with Crippen molar-refractivity contribution in [2.75, 3.05) is 20.3 Å². The zero-order valence-corrected chi connectivity index (χ0v) is 14.0. The molecule has 2 heterocycles. The standard InChI is InChI=1S/C15H20N2O4S/c1-9(2)7-17-8-16-13-11(14(17)18)10(3)12(22-13)15(19)21-6-5-20-4/h8-9H,5-7H2,1-4H3. The second-order valence-corrected chi connectivity index (χ2v) is 6.46. The summed E-state index contributed by atoms with van der Waals surface area (Å²) in [6, 6.07) is 0. The molecule has 2 rings (SSSR count). The maximum Gasteiger partial charge on any atom is 0.348 e. The minimum atomic E-state index is -0.438. The average molecular weight is 324 g/mol. The molecule has 0 saturated carbocycles. The Morgan fingerprint density at radius 3 is 2.77 bits per heavy atom. The third-order valence-corrected chi connectivity index (χ3v) is 4.37. The Morgan fingerprint density at radius 1 is 1.41 bits per heavy atom. The fourth-order valence-electron chi connectivity index (χ4n) is 2.16. The minimum absolute atomic E-state index is 0.108. The van der Waals surface area contributed by atoms with E-state index in [1.807, 2.05) is 13.8 Å². The van der Waals surface area contributed by atoms with Gasteiger partial charge in [-0.15, -0.1) is 11.3 Å². The lowest BCUT2D eigenvalue weighted by atomic mass is 10.2. The fourth-order valence-corrected chi connectivity index (χ4v) is 3.19. The van der Waals surface area contributed by atoms with Crippen molar-refractivity contribution in [2.24, 2.45) is 5.92 Å². The molecule has 0 atom stereocenters. The smallest absolute Gasteiger partial charge is 0.348 e. The number of carbonyl (C=O) groups is 1. The number of esters is 1. The van der Waals surface area contributed by atoms with Crippen LogP contribution in [0.5, 0.6) is 0 Å². The molecule has 0 aliphatic rings. The van der Waals surface area contributed by atoms with E-state index < -0.39 is 5.97 Å². The monoisotopic (exact) mass is 324 g/mol. The van der Waals surface area contributed by atoms with Crippen LogP contribution in [-0.4, -0.2) is 35.8 Å². The summed E-state index contributed by atoms with van der Waals surface area (Å²) in [6.07, 6.45) is 1.54. The summed E-state index contributed by atoms with van der Waals surface area (Å²) < 4.78 is 11.6. The highest BCUT2D eigenvalue weighted by Gasteiger charge is 2.20. The molecule has 0 radical (unpaired) electrons. The van der Waals surface area contributed by atoms with Crippen LogP contribution in [-0.2, 0) is 16.0 Å². The number of aryl methyl sites for hydroxylation is 1.